The van der Waals surface area contributed by atoms with Crippen molar-refractivity contribution in [1.82, 2.24) is 10.2 Å². The summed E-state index contributed by atoms with van der Waals surface area (Å²) in [5.74, 6) is 0.953. The lowest BCUT2D eigenvalue weighted by Gasteiger charge is -2.26. The third kappa shape index (κ3) is 4.62. The fourth-order valence-electron chi connectivity index (χ4n) is 1.76. The number of hydrogen-bond donors (Lipinski definition) is 2. The van der Waals surface area contributed by atoms with Crippen LogP contribution >= 0.6 is 0 Å². The molecule has 0 heterocycles. The lowest BCUT2D eigenvalue weighted by atomic mass is 10.1. The molecule has 0 bridgehead atoms. The van der Waals surface area contributed by atoms with Gasteiger partial charge in [0.15, 0.2) is 0 Å². The molecule has 1 saturated carbocycles. The molecule has 1 aliphatic carbocycles. The second kappa shape index (κ2) is 6.08. The molecule has 0 aromatic heterocycles. The first-order valence-electron chi connectivity index (χ1n) is 5.84. The zero-order chi connectivity index (χ0) is 11.3. The number of nitrogens with zero attached hydrogens (tertiary/aromatic N) is 1. The molecule has 0 aromatic rings. The van der Waals surface area contributed by atoms with Gasteiger partial charge in [0, 0.05) is 32.1 Å². The molecule has 1 unspecified atom stereocenters. The van der Waals surface area contributed by atoms with Crippen LogP contribution in [0, 0.1) is 5.92 Å². The minimum absolute atomic E-state index is 0.107. The quantitative estimate of drug-likeness (QED) is 0.634. The Morgan fingerprint density at radius 3 is 2.73 bits per heavy atom. The highest BCUT2D eigenvalue weighted by molar-refractivity contribution is 5.76. The maximum Gasteiger partial charge on any atom is 0.221 e. The summed E-state index contributed by atoms with van der Waals surface area (Å²) in [4.78, 5) is 13.7. The summed E-state index contributed by atoms with van der Waals surface area (Å²) in [5, 5.41) is 2.81. The van der Waals surface area contributed by atoms with Crippen LogP contribution in [0.25, 0.3) is 0 Å². The summed E-state index contributed by atoms with van der Waals surface area (Å²) >= 11 is 0. The Labute approximate surface area is 92.2 Å². The maximum atomic E-state index is 11.4. The van der Waals surface area contributed by atoms with Crippen molar-refractivity contribution in [3.63, 3.8) is 0 Å². The van der Waals surface area contributed by atoms with Gasteiger partial charge in [-0.05, 0) is 32.7 Å². The van der Waals surface area contributed by atoms with Crippen molar-refractivity contribution < 1.29 is 4.79 Å². The van der Waals surface area contributed by atoms with Crippen molar-refractivity contribution in [2.45, 2.75) is 32.2 Å². The van der Waals surface area contributed by atoms with Crippen LogP contribution < -0.4 is 11.1 Å². The molecule has 15 heavy (non-hydrogen) atoms. The van der Waals surface area contributed by atoms with Crippen molar-refractivity contribution in [2.24, 2.45) is 11.7 Å². The van der Waals surface area contributed by atoms with E-state index in [-0.39, 0.29) is 11.9 Å². The number of nitrogens with two attached hydrogens (primary N) is 1. The van der Waals surface area contributed by atoms with Crippen LogP contribution in [-0.2, 0) is 4.79 Å². The van der Waals surface area contributed by atoms with E-state index >= 15 is 0 Å². The largest absolute Gasteiger partial charge is 0.356 e. The Balaban J connectivity index is 2.28. The van der Waals surface area contributed by atoms with E-state index in [0.717, 1.165) is 12.5 Å². The number of hydrogen-bond acceptors (Lipinski definition) is 3. The van der Waals surface area contributed by atoms with E-state index in [9.17, 15) is 4.79 Å². The lowest BCUT2D eigenvalue weighted by molar-refractivity contribution is -0.122. The van der Waals surface area contributed by atoms with Gasteiger partial charge in [0.25, 0.3) is 0 Å². The third-order valence-corrected chi connectivity index (χ3v) is 2.93. The molecule has 3 N–H and O–H groups in total. The van der Waals surface area contributed by atoms with Crippen LogP contribution in [-0.4, -0.2) is 43.5 Å². The van der Waals surface area contributed by atoms with Crippen molar-refractivity contribution >= 4 is 5.91 Å². The minimum Gasteiger partial charge on any atom is -0.356 e. The predicted octanol–water partition coefficient (Wildman–Crippen LogP) is 0.182. The Bertz CT molecular complexity index is 204. The zero-order valence-electron chi connectivity index (χ0n) is 9.83. The van der Waals surface area contributed by atoms with E-state index in [4.69, 9.17) is 5.73 Å². The Kier molecular flexibility index (Phi) is 5.05. The van der Waals surface area contributed by atoms with Crippen LogP contribution in [0.2, 0.25) is 0 Å². The molecule has 0 spiro atoms. The Morgan fingerprint density at radius 1 is 1.60 bits per heavy atom. The number of rotatable bonds is 7. The number of carbonyl (C=O) groups excluding carboxylic acids is 1. The van der Waals surface area contributed by atoms with Gasteiger partial charge in [-0.15, -0.1) is 0 Å². The van der Waals surface area contributed by atoms with E-state index < -0.39 is 0 Å². The van der Waals surface area contributed by atoms with E-state index in [1.807, 2.05) is 6.92 Å². The Morgan fingerprint density at radius 2 is 2.27 bits per heavy atom. The predicted molar refractivity (Wildman–Crippen MR) is 61.5 cm³/mol. The normalized spacial score (nSPS) is 17.9. The molecular formula is C11H23N3O. The average Bonchev–Trinajstić information content (AvgIpc) is 2.98. The van der Waals surface area contributed by atoms with Gasteiger partial charge in [0.2, 0.25) is 5.91 Å². The fourth-order valence-corrected chi connectivity index (χ4v) is 1.76. The standard InChI is InChI=1S/C11H23N3O/c1-3-13-11(15)6-10(7-12)14(2)8-9-4-5-9/h9-10H,3-8,12H2,1-2H3,(H,13,15). The second-order valence-electron chi connectivity index (χ2n) is 4.43. The van der Waals surface area contributed by atoms with E-state index in [0.29, 0.717) is 19.5 Å². The van der Waals surface area contributed by atoms with E-state index in [1.54, 1.807) is 0 Å². The van der Waals surface area contributed by atoms with Gasteiger partial charge in [-0.1, -0.05) is 0 Å². The fraction of sp³-hybridized carbons (Fsp3) is 0.909. The smallest absolute Gasteiger partial charge is 0.221 e. The van der Waals surface area contributed by atoms with Gasteiger partial charge in [0.1, 0.15) is 0 Å². The summed E-state index contributed by atoms with van der Waals surface area (Å²) in [6, 6.07) is 0.192. The second-order valence-corrected chi connectivity index (χ2v) is 4.43. The summed E-state index contributed by atoms with van der Waals surface area (Å²) in [6.07, 6.45) is 3.19. The Hall–Kier alpha value is -0.610. The van der Waals surface area contributed by atoms with Crippen molar-refractivity contribution in [3.8, 4) is 0 Å². The van der Waals surface area contributed by atoms with Gasteiger partial charge in [-0.25, -0.2) is 0 Å². The first-order chi connectivity index (χ1) is 7.17. The molecule has 1 rings (SSSR count). The number of likely N-dealkylation sites (N-methyl/N-ethyl adjacent to an activating group) is 1. The van der Waals surface area contributed by atoms with Gasteiger partial charge >= 0.3 is 0 Å². The van der Waals surface area contributed by atoms with Crippen molar-refractivity contribution in [3.05, 3.63) is 0 Å². The first-order valence-corrected chi connectivity index (χ1v) is 5.84. The topological polar surface area (TPSA) is 58.4 Å². The molecule has 1 aliphatic rings. The molecule has 0 saturated heterocycles. The molecule has 1 fully saturated rings. The SMILES string of the molecule is CCNC(=O)CC(CN)N(C)CC1CC1. The number of carbonyl (C=O) groups is 1. The highest BCUT2D eigenvalue weighted by atomic mass is 16.1. The van der Waals surface area contributed by atoms with Crippen molar-refractivity contribution in [1.29, 1.82) is 0 Å². The molecule has 88 valence electrons. The van der Waals surface area contributed by atoms with Gasteiger partial charge in [-0.3, -0.25) is 4.79 Å². The molecule has 4 heteroatoms. The highest BCUT2D eigenvalue weighted by Gasteiger charge is 2.26. The molecule has 1 amide bonds. The molecular weight excluding hydrogens is 190 g/mol. The first kappa shape index (κ1) is 12.5. The van der Waals surface area contributed by atoms with Crippen LogP contribution in [0.1, 0.15) is 26.2 Å². The summed E-state index contributed by atoms with van der Waals surface area (Å²) in [5.41, 5.74) is 5.69. The van der Waals surface area contributed by atoms with Gasteiger partial charge in [0.05, 0.1) is 0 Å². The molecule has 1 atom stereocenters. The monoisotopic (exact) mass is 213 g/mol. The number of amides is 1. The summed E-state index contributed by atoms with van der Waals surface area (Å²) in [7, 11) is 2.06. The average molecular weight is 213 g/mol. The zero-order valence-corrected chi connectivity index (χ0v) is 9.83. The molecule has 0 aromatic carbocycles. The lowest BCUT2D eigenvalue weighted by Crippen LogP contribution is -2.42. The summed E-state index contributed by atoms with van der Waals surface area (Å²) < 4.78 is 0. The van der Waals surface area contributed by atoms with E-state index in [1.165, 1.54) is 12.8 Å². The third-order valence-electron chi connectivity index (χ3n) is 2.93. The van der Waals surface area contributed by atoms with Gasteiger partial charge < -0.3 is 16.0 Å². The molecule has 0 aliphatic heterocycles. The molecule has 0 radical (unpaired) electrons. The van der Waals surface area contributed by atoms with Crippen molar-refractivity contribution in [2.75, 3.05) is 26.7 Å². The van der Waals surface area contributed by atoms with Crippen LogP contribution in [0.5, 0.6) is 0 Å². The van der Waals surface area contributed by atoms with Crippen LogP contribution in [0.4, 0.5) is 0 Å². The number of nitrogens with one attached hydrogen (secondary N) is 1. The van der Waals surface area contributed by atoms with Crippen LogP contribution in [0.15, 0.2) is 0 Å². The van der Waals surface area contributed by atoms with E-state index in [2.05, 4.69) is 17.3 Å². The minimum atomic E-state index is 0.107. The van der Waals surface area contributed by atoms with Gasteiger partial charge in [-0.2, -0.15) is 0 Å². The maximum absolute atomic E-state index is 11.4. The molecule has 4 nitrogen and oxygen atoms in total. The summed E-state index contributed by atoms with van der Waals surface area (Å²) in [6.45, 7) is 4.27. The van der Waals surface area contributed by atoms with Crippen LogP contribution in [0.3, 0.4) is 0 Å². The highest BCUT2D eigenvalue weighted by Crippen LogP contribution is 2.29.